The molecule has 3 rings (SSSR count). The lowest BCUT2D eigenvalue weighted by atomic mass is 10.2. The molecule has 2 aromatic heterocycles. The zero-order chi connectivity index (χ0) is 17.5. The summed E-state index contributed by atoms with van der Waals surface area (Å²) in [7, 11) is -3.28. The van der Waals surface area contributed by atoms with Gasteiger partial charge in [0.1, 0.15) is 5.69 Å². The average molecular weight is 361 g/mol. The Morgan fingerprint density at radius 1 is 1.12 bits per heavy atom. The van der Waals surface area contributed by atoms with E-state index in [4.69, 9.17) is 0 Å². The number of rotatable bonds is 3. The van der Waals surface area contributed by atoms with E-state index < -0.39 is 9.84 Å². The summed E-state index contributed by atoms with van der Waals surface area (Å²) in [5.41, 5.74) is 2.68. The summed E-state index contributed by atoms with van der Waals surface area (Å²) in [6.45, 7) is 3.73. The van der Waals surface area contributed by atoms with Crippen LogP contribution in [0.2, 0.25) is 0 Å². The Hall–Kier alpha value is -2.32. The molecule has 0 aliphatic carbocycles. The molecule has 24 heavy (non-hydrogen) atoms. The predicted octanol–water partition coefficient (Wildman–Crippen LogP) is 2.96. The van der Waals surface area contributed by atoms with Gasteiger partial charge < -0.3 is 0 Å². The molecule has 0 aliphatic rings. The van der Waals surface area contributed by atoms with Crippen LogP contribution in [0, 0.1) is 13.8 Å². The minimum Gasteiger partial charge on any atom is -0.296 e. The highest BCUT2D eigenvalue weighted by molar-refractivity contribution is 7.90. The van der Waals surface area contributed by atoms with Crippen LogP contribution in [0.3, 0.4) is 0 Å². The zero-order valence-corrected chi connectivity index (χ0v) is 15.0. The van der Waals surface area contributed by atoms with Crippen LogP contribution in [0.25, 0.3) is 10.2 Å². The lowest BCUT2D eigenvalue weighted by Crippen LogP contribution is -2.14. The number of nitrogens with zero attached hydrogens (tertiary/aromatic N) is 2. The van der Waals surface area contributed by atoms with Crippen molar-refractivity contribution in [1.82, 2.24) is 9.97 Å². The van der Waals surface area contributed by atoms with Crippen LogP contribution in [-0.4, -0.2) is 30.5 Å². The van der Waals surface area contributed by atoms with E-state index in [0.29, 0.717) is 21.0 Å². The number of pyridine rings is 1. The molecule has 1 amide bonds. The van der Waals surface area contributed by atoms with Crippen molar-refractivity contribution in [3.63, 3.8) is 0 Å². The highest BCUT2D eigenvalue weighted by Crippen LogP contribution is 2.28. The molecule has 0 bridgehead atoms. The number of benzene rings is 1. The summed E-state index contributed by atoms with van der Waals surface area (Å²) in [5, 5.41) is 3.12. The van der Waals surface area contributed by atoms with Gasteiger partial charge in [0.2, 0.25) is 0 Å². The number of carbonyl (C=O) groups is 1. The van der Waals surface area contributed by atoms with E-state index in [1.54, 1.807) is 18.2 Å². The fourth-order valence-electron chi connectivity index (χ4n) is 2.31. The first kappa shape index (κ1) is 16.5. The molecule has 0 radical (unpaired) electrons. The Labute approximate surface area is 143 Å². The van der Waals surface area contributed by atoms with Gasteiger partial charge >= 0.3 is 0 Å². The second-order valence-electron chi connectivity index (χ2n) is 5.55. The molecular weight excluding hydrogens is 346 g/mol. The first-order valence-corrected chi connectivity index (χ1v) is 9.80. The number of hydrogen-bond acceptors (Lipinski definition) is 6. The number of fused-ring (bicyclic) bond motifs is 1. The predicted molar refractivity (Wildman–Crippen MR) is 94.4 cm³/mol. The van der Waals surface area contributed by atoms with Crippen molar-refractivity contribution in [2.45, 2.75) is 18.7 Å². The van der Waals surface area contributed by atoms with E-state index >= 15 is 0 Å². The lowest BCUT2D eigenvalue weighted by Gasteiger charge is -2.03. The maximum Gasteiger partial charge on any atom is 0.276 e. The van der Waals surface area contributed by atoms with Crippen molar-refractivity contribution < 1.29 is 13.2 Å². The van der Waals surface area contributed by atoms with E-state index in [1.165, 1.54) is 17.4 Å². The Bertz CT molecular complexity index is 1040. The first-order chi connectivity index (χ1) is 11.2. The smallest absolute Gasteiger partial charge is 0.276 e. The number of thiazole rings is 1. The number of sulfone groups is 1. The maximum absolute atomic E-state index is 12.3. The number of carbonyl (C=O) groups excluding carboxylic acids is 1. The molecule has 1 aromatic carbocycles. The molecule has 0 unspecified atom stereocenters. The van der Waals surface area contributed by atoms with Gasteiger partial charge in [0.25, 0.3) is 5.91 Å². The molecule has 0 saturated heterocycles. The molecule has 3 aromatic rings. The minimum absolute atomic E-state index is 0.229. The van der Waals surface area contributed by atoms with Crippen LogP contribution in [0.4, 0.5) is 5.13 Å². The summed E-state index contributed by atoms with van der Waals surface area (Å²) in [6, 6.07) is 8.30. The second kappa shape index (κ2) is 5.95. The van der Waals surface area contributed by atoms with Gasteiger partial charge in [0.15, 0.2) is 15.0 Å². The third-order valence-corrected chi connectivity index (χ3v) is 5.38. The Kier molecular flexibility index (Phi) is 4.10. The van der Waals surface area contributed by atoms with Gasteiger partial charge in [-0.2, -0.15) is 0 Å². The lowest BCUT2D eigenvalue weighted by molar-refractivity contribution is 0.102. The number of aromatic nitrogens is 2. The van der Waals surface area contributed by atoms with Gasteiger partial charge in [-0.05, 0) is 49.7 Å². The van der Waals surface area contributed by atoms with Gasteiger partial charge in [-0.15, -0.1) is 0 Å². The van der Waals surface area contributed by atoms with E-state index in [-0.39, 0.29) is 10.8 Å². The Morgan fingerprint density at radius 2 is 1.88 bits per heavy atom. The van der Waals surface area contributed by atoms with Crippen molar-refractivity contribution in [3.8, 4) is 0 Å². The molecule has 8 heteroatoms. The average Bonchev–Trinajstić information content (AvgIpc) is 2.86. The SMILES string of the molecule is Cc1cc(C)nc(C(=O)Nc2nc3ccc(S(C)(=O)=O)cc3s2)c1. The molecular formula is C16H15N3O3S2. The molecule has 6 nitrogen and oxygen atoms in total. The fraction of sp³-hybridized carbons (Fsp3) is 0.188. The highest BCUT2D eigenvalue weighted by Gasteiger charge is 2.14. The number of hydrogen-bond donors (Lipinski definition) is 1. The normalized spacial score (nSPS) is 11.6. The molecule has 1 N–H and O–H groups in total. The monoisotopic (exact) mass is 361 g/mol. The third-order valence-electron chi connectivity index (χ3n) is 3.34. The quantitative estimate of drug-likeness (QED) is 0.775. The second-order valence-corrected chi connectivity index (χ2v) is 8.59. The highest BCUT2D eigenvalue weighted by atomic mass is 32.2. The minimum atomic E-state index is -3.28. The van der Waals surface area contributed by atoms with Crippen molar-refractivity contribution in [3.05, 3.63) is 47.3 Å². The van der Waals surface area contributed by atoms with Crippen LogP contribution in [0.15, 0.2) is 35.2 Å². The number of aryl methyl sites for hydroxylation is 2. The fourth-order valence-corrected chi connectivity index (χ4v) is 3.93. The van der Waals surface area contributed by atoms with E-state index in [2.05, 4.69) is 15.3 Å². The molecule has 124 valence electrons. The van der Waals surface area contributed by atoms with Crippen molar-refractivity contribution in [2.24, 2.45) is 0 Å². The summed E-state index contributed by atoms with van der Waals surface area (Å²) in [4.78, 5) is 21.1. The standard InChI is InChI=1S/C16H15N3O3S2/c1-9-6-10(2)17-13(7-9)15(20)19-16-18-12-5-4-11(24(3,21)22)8-14(12)23-16/h4-8H,1-3H3,(H,18,19,20). The summed E-state index contributed by atoms with van der Waals surface area (Å²) < 4.78 is 23.9. The molecule has 0 atom stereocenters. The van der Waals surface area contributed by atoms with Crippen molar-refractivity contribution in [2.75, 3.05) is 11.6 Å². The van der Waals surface area contributed by atoms with Crippen LogP contribution in [0.1, 0.15) is 21.7 Å². The number of anilines is 1. The van der Waals surface area contributed by atoms with Gasteiger partial charge in [-0.25, -0.2) is 18.4 Å². The van der Waals surface area contributed by atoms with Gasteiger partial charge in [0, 0.05) is 11.9 Å². The Balaban J connectivity index is 1.91. The summed E-state index contributed by atoms with van der Waals surface area (Å²) in [5.74, 6) is -0.343. The largest absolute Gasteiger partial charge is 0.296 e. The van der Waals surface area contributed by atoms with E-state index in [1.807, 2.05) is 19.9 Å². The molecule has 0 aliphatic heterocycles. The van der Waals surface area contributed by atoms with Crippen LogP contribution < -0.4 is 5.32 Å². The van der Waals surface area contributed by atoms with Crippen molar-refractivity contribution in [1.29, 1.82) is 0 Å². The molecule has 0 saturated carbocycles. The van der Waals surface area contributed by atoms with Crippen LogP contribution in [0.5, 0.6) is 0 Å². The van der Waals surface area contributed by atoms with Crippen LogP contribution in [-0.2, 0) is 9.84 Å². The van der Waals surface area contributed by atoms with Gasteiger partial charge in [-0.3, -0.25) is 10.1 Å². The Morgan fingerprint density at radius 3 is 2.54 bits per heavy atom. The van der Waals surface area contributed by atoms with Crippen LogP contribution >= 0.6 is 11.3 Å². The van der Waals surface area contributed by atoms with Gasteiger partial charge in [0.05, 0.1) is 15.1 Å². The van der Waals surface area contributed by atoms with Gasteiger partial charge in [-0.1, -0.05) is 11.3 Å². The number of nitrogens with one attached hydrogen (secondary N) is 1. The molecule has 0 spiro atoms. The third kappa shape index (κ3) is 3.44. The molecule has 0 fully saturated rings. The maximum atomic E-state index is 12.3. The first-order valence-electron chi connectivity index (χ1n) is 7.10. The molecule has 2 heterocycles. The van der Waals surface area contributed by atoms with E-state index in [9.17, 15) is 13.2 Å². The zero-order valence-electron chi connectivity index (χ0n) is 13.3. The topological polar surface area (TPSA) is 89.0 Å². The number of amides is 1. The van der Waals surface area contributed by atoms with Crippen molar-refractivity contribution >= 4 is 42.4 Å². The summed E-state index contributed by atoms with van der Waals surface area (Å²) in [6.07, 6.45) is 1.16. The summed E-state index contributed by atoms with van der Waals surface area (Å²) >= 11 is 1.22. The van der Waals surface area contributed by atoms with E-state index in [0.717, 1.165) is 17.5 Å².